The molecule has 106 valence electrons. The Balaban J connectivity index is 2.29. The SMILES string of the molecule is CN(C)CCOCCNC(=O)c1cc(N)ccc1F. The van der Waals surface area contributed by atoms with Gasteiger partial charge in [0.1, 0.15) is 5.82 Å². The molecule has 0 fully saturated rings. The lowest BCUT2D eigenvalue weighted by Gasteiger charge is -2.10. The molecule has 0 saturated heterocycles. The molecule has 0 saturated carbocycles. The molecular formula is C13H20FN3O2. The molecule has 5 nitrogen and oxygen atoms in total. The zero-order chi connectivity index (χ0) is 14.3. The molecule has 0 unspecified atom stereocenters. The monoisotopic (exact) mass is 269 g/mol. The summed E-state index contributed by atoms with van der Waals surface area (Å²) in [6.07, 6.45) is 0. The van der Waals surface area contributed by atoms with Crippen LogP contribution in [0.4, 0.5) is 10.1 Å². The number of nitrogen functional groups attached to an aromatic ring is 1. The first kappa shape index (κ1) is 15.4. The second-order valence-electron chi connectivity index (χ2n) is 4.41. The molecule has 0 aliphatic rings. The molecule has 0 aliphatic carbocycles. The van der Waals surface area contributed by atoms with Crippen molar-refractivity contribution in [2.45, 2.75) is 0 Å². The molecule has 1 aromatic rings. The first-order valence-electron chi connectivity index (χ1n) is 6.06. The lowest BCUT2D eigenvalue weighted by molar-refractivity contribution is 0.0896. The van der Waals surface area contributed by atoms with Crippen molar-refractivity contribution in [1.29, 1.82) is 0 Å². The highest BCUT2D eigenvalue weighted by Crippen LogP contribution is 2.11. The van der Waals surface area contributed by atoms with E-state index in [2.05, 4.69) is 5.32 Å². The number of amides is 1. The number of hydrogen-bond acceptors (Lipinski definition) is 4. The number of likely N-dealkylation sites (N-methyl/N-ethyl adjacent to an activating group) is 1. The van der Waals surface area contributed by atoms with Gasteiger partial charge in [0.05, 0.1) is 18.8 Å². The quantitative estimate of drug-likeness (QED) is 0.565. The topological polar surface area (TPSA) is 67.6 Å². The van der Waals surface area contributed by atoms with Crippen LogP contribution >= 0.6 is 0 Å². The van der Waals surface area contributed by atoms with Crippen molar-refractivity contribution in [3.63, 3.8) is 0 Å². The van der Waals surface area contributed by atoms with Crippen LogP contribution in [-0.4, -0.2) is 51.2 Å². The number of nitrogens with one attached hydrogen (secondary N) is 1. The Hall–Kier alpha value is -1.66. The zero-order valence-electron chi connectivity index (χ0n) is 11.3. The van der Waals surface area contributed by atoms with Crippen LogP contribution in [-0.2, 0) is 4.74 Å². The number of rotatable bonds is 7. The van der Waals surface area contributed by atoms with Gasteiger partial charge in [0.25, 0.3) is 5.91 Å². The van der Waals surface area contributed by atoms with Gasteiger partial charge in [-0.15, -0.1) is 0 Å². The molecule has 1 amide bonds. The maximum absolute atomic E-state index is 13.4. The van der Waals surface area contributed by atoms with E-state index in [0.717, 1.165) is 6.54 Å². The van der Waals surface area contributed by atoms with E-state index >= 15 is 0 Å². The van der Waals surface area contributed by atoms with Crippen LogP contribution < -0.4 is 11.1 Å². The summed E-state index contributed by atoms with van der Waals surface area (Å²) in [6, 6.07) is 3.91. The largest absolute Gasteiger partial charge is 0.399 e. The van der Waals surface area contributed by atoms with Crippen LogP contribution in [0.15, 0.2) is 18.2 Å². The molecule has 0 aromatic heterocycles. The molecule has 0 heterocycles. The van der Waals surface area contributed by atoms with Crippen molar-refractivity contribution in [3.05, 3.63) is 29.6 Å². The molecule has 0 aliphatic heterocycles. The standard InChI is InChI=1S/C13H20FN3O2/c1-17(2)6-8-19-7-5-16-13(18)11-9-10(15)3-4-12(11)14/h3-4,9H,5-8,15H2,1-2H3,(H,16,18). The van der Waals surface area contributed by atoms with Crippen molar-refractivity contribution in [1.82, 2.24) is 10.2 Å². The Morgan fingerprint density at radius 2 is 2.16 bits per heavy atom. The maximum Gasteiger partial charge on any atom is 0.254 e. The van der Waals surface area contributed by atoms with Crippen LogP contribution in [0.25, 0.3) is 0 Å². The number of benzene rings is 1. The summed E-state index contributed by atoms with van der Waals surface area (Å²) >= 11 is 0. The van der Waals surface area contributed by atoms with E-state index in [4.69, 9.17) is 10.5 Å². The Labute approximate surface area is 112 Å². The molecule has 3 N–H and O–H groups in total. The highest BCUT2D eigenvalue weighted by atomic mass is 19.1. The highest BCUT2D eigenvalue weighted by Gasteiger charge is 2.11. The van der Waals surface area contributed by atoms with Crippen LogP contribution in [0.2, 0.25) is 0 Å². The number of nitrogens with zero attached hydrogens (tertiary/aromatic N) is 1. The van der Waals surface area contributed by atoms with Gasteiger partial charge in [0.15, 0.2) is 0 Å². The molecule has 0 radical (unpaired) electrons. The normalized spacial score (nSPS) is 10.7. The van der Waals surface area contributed by atoms with Crippen LogP contribution in [0, 0.1) is 5.82 Å². The minimum absolute atomic E-state index is 0.0479. The van der Waals surface area contributed by atoms with E-state index in [1.165, 1.54) is 18.2 Å². The molecule has 1 aromatic carbocycles. The third-order valence-corrected chi connectivity index (χ3v) is 2.45. The molecule has 6 heteroatoms. The van der Waals surface area contributed by atoms with Gasteiger partial charge in [0, 0.05) is 18.8 Å². The fourth-order valence-corrected chi connectivity index (χ4v) is 1.40. The Morgan fingerprint density at radius 3 is 2.84 bits per heavy atom. The minimum Gasteiger partial charge on any atom is -0.399 e. The van der Waals surface area contributed by atoms with E-state index in [1.807, 2.05) is 19.0 Å². The summed E-state index contributed by atoms with van der Waals surface area (Å²) in [7, 11) is 3.90. The van der Waals surface area contributed by atoms with Crippen LogP contribution in [0.5, 0.6) is 0 Å². The van der Waals surface area contributed by atoms with Gasteiger partial charge in [0.2, 0.25) is 0 Å². The molecule has 19 heavy (non-hydrogen) atoms. The fraction of sp³-hybridized carbons (Fsp3) is 0.462. The van der Waals surface area contributed by atoms with Gasteiger partial charge in [-0.05, 0) is 32.3 Å². The Kier molecular flexibility index (Phi) is 6.24. The molecular weight excluding hydrogens is 249 g/mol. The maximum atomic E-state index is 13.4. The molecule has 0 spiro atoms. The summed E-state index contributed by atoms with van der Waals surface area (Å²) in [6.45, 7) is 2.14. The molecule has 0 bridgehead atoms. The van der Waals surface area contributed by atoms with Crippen molar-refractivity contribution in [3.8, 4) is 0 Å². The second kappa shape index (κ2) is 7.70. The number of hydrogen-bond donors (Lipinski definition) is 2. The predicted octanol–water partition coefficient (Wildman–Crippen LogP) is 0.716. The molecule has 0 atom stereocenters. The van der Waals surface area contributed by atoms with Crippen LogP contribution in [0.1, 0.15) is 10.4 Å². The van der Waals surface area contributed by atoms with Crippen LogP contribution in [0.3, 0.4) is 0 Å². The number of halogens is 1. The van der Waals surface area contributed by atoms with Gasteiger partial charge < -0.3 is 20.7 Å². The van der Waals surface area contributed by atoms with Gasteiger partial charge >= 0.3 is 0 Å². The van der Waals surface area contributed by atoms with Crippen molar-refractivity contribution in [2.24, 2.45) is 0 Å². The number of nitrogens with two attached hydrogens (primary N) is 1. The second-order valence-corrected chi connectivity index (χ2v) is 4.41. The predicted molar refractivity (Wildman–Crippen MR) is 72.5 cm³/mol. The Morgan fingerprint density at radius 1 is 1.42 bits per heavy atom. The van der Waals surface area contributed by atoms with Gasteiger partial charge in [-0.3, -0.25) is 4.79 Å². The molecule has 1 rings (SSSR count). The lowest BCUT2D eigenvalue weighted by atomic mass is 10.2. The summed E-state index contributed by atoms with van der Waals surface area (Å²) < 4.78 is 18.7. The van der Waals surface area contributed by atoms with E-state index in [1.54, 1.807) is 0 Å². The van der Waals surface area contributed by atoms with Crippen molar-refractivity contribution < 1.29 is 13.9 Å². The average molecular weight is 269 g/mol. The smallest absolute Gasteiger partial charge is 0.254 e. The summed E-state index contributed by atoms with van der Waals surface area (Å²) in [5.74, 6) is -1.07. The van der Waals surface area contributed by atoms with E-state index in [0.29, 0.717) is 25.4 Å². The summed E-state index contributed by atoms with van der Waals surface area (Å²) in [4.78, 5) is 13.7. The van der Waals surface area contributed by atoms with Crippen molar-refractivity contribution >= 4 is 11.6 Å². The third-order valence-electron chi connectivity index (χ3n) is 2.45. The number of carbonyl (C=O) groups excluding carboxylic acids is 1. The van der Waals surface area contributed by atoms with E-state index in [-0.39, 0.29) is 5.56 Å². The number of carbonyl (C=O) groups is 1. The average Bonchev–Trinajstić information content (AvgIpc) is 2.36. The number of anilines is 1. The van der Waals surface area contributed by atoms with E-state index in [9.17, 15) is 9.18 Å². The van der Waals surface area contributed by atoms with Gasteiger partial charge in [-0.2, -0.15) is 0 Å². The summed E-state index contributed by atoms with van der Waals surface area (Å²) in [5.41, 5.74) is 5.82. The minimum atomic E-state index is -0.583. The Bertz CT molecular complexity index is 424. The number of ether oxygens (including phenoxy) is 1. The van der Waals surface area contributed by atoms with E-state index < -0.39 is 11.7 Å². The van der Waals surface area contributed by atoms with Crippen molar-refractivity contribution in [2.75, 3.05) is 46.1 Å². The first-order valence-corrected chi connectivity index (χ1v) is 6.06. The van der Waals surface area contributed by atoms with Gasteiger partial charge in [-0.25, -0.2) is 4.39 Å². The first-order chi connectivity index (χ1) is 9.00. The van der Waals surface area contributed by atoms with Gasteiger partial charge in [-0.1, -0.05) is 0 Å². The zero-order valence-corrected chi connectivity index (χ0v) is 11.3. The fourth-order valence-electron chi connectivity index (χ4n) is 1.40. The lowest BCUT2D eigenvalue weighted by Crippen LogP contribution is -2.29. The third kappa shape index (κ3) is 5.67. The summed E-state index contributed by atoms with van der Waals surface area (Å²) in [5, 5.41) is 2.58. The highest BCUT2D eigenvalue weighted by molar-refractivity contribution is 5.95.